The Morgan fingerprint density at radius 3 is 2.61 bits per heavy atom. The van der Waals surface area contributed by atoms with E-state index in [2.05, 4.69) is 6.07 Å². The summed E-state index contributed by atoms with van der Waals surface area (Å²) in [4.78, 5) is 0. The van der Waals surface area contributed by atoms with E-state index in [-0.39, 0.29) is 0 Å². The Bertz CT molecular complexity index is 602. The summed E-state index contributed by atoms with van der Waals surface area (Å²) in [6, 6.07) is 14.5. The standard InChI is InChI=1S/C14H13N3O/c15-8-10-2-1-3-11(6-10)9-18-12-4-5-13(16)14(17)7-12/h1-7H,9,16-17H2. The van der Waals surface area contributed by atoms with Crippen molar-refractivity contribution in [2.24, 2.45) is 0 Å². The average Bonchev–Trinajstić information content (AvgIpc) is 2.40. The zero-order valence-electron chi connectivity index (χ0n) is 9.76. The van der Waals surface area contributed by atoms with Crippen molar-refractivity contribution in [2.75, 3.05) is 11.5 Å². The minimum Gasteiger partial charge on any atom is -0.489 e. The molecule has 0 atom stereocenters. The molecule has 2 aromatic rings. The van der Waals surface area contributed by atoms with Crippen molar-refractivity contribution in [3.05, 3.63) is 53.6 Å². The maximum Gasteiger partial charge on any atom is 0.122 e. The normalized spacial score (nSPS) is 9.72. The monoisotopic (exact) mass is 239 g/mol. The van der Waals surface area contributed by atoms with Crippen LogP contribution in [0.2, 0.25) is 0 Å². The Hall–Kier alpha value is -2.67. The van der Waals surface area contributed by atoms with Crippen LogP contribution in [0.15, 0.2) is 42.5 Å². The number of nitrogens with zero attached hydrogens (tertiary/aromatic N) is 1. The molecule has 0 unspecified atom stereocenters. The van der Waals surface area contributed by atoms with Crippen molar-refractivity contribution in [3.8, 4) is 11.8 Å². The van der Waals surface area contributed by atoms with Crippen molar-refractivity contribution < 1.29 is 4.74 Å². The number of anilines is 2. The largest absolute Gasteiger partial charge is 0.489 e. The van der Waals surface area contributed by atoms with Gasteiger partial charge >= 0.3 is 0 Å². The highest BCUT2D eigenvalue weighted by atomic mass is 16.5. The molecule has 4 nitrogen and oxygen atoms in total. The molecule has 90 valence electrons. The molecule has 0 aliphatic heterocycles. The van der Waals surface area contributed by atoms with E-state index in [0.717, 1.165) is 5.56 Å². The number of ether oxygens (including phenoxy) is 1. The SMILES string of the molecule is N#Cc1cccc(COc2ccc(N)c(N)c2)c1. The third-order valence-electron chi connectivity index (χ3n) is 2.52. The maximum absolute atomic E-state index is 8.79. The molecule has 0 aliphatic carbocycles. The van der Waals surface area contributed by atoms with Crippen LogP contribution in [-0.2, 0) is 6.61 Å². The topological polar surface area (TPSA) is 85.1 Å². The molecule has 4 N–H and O–H groups in total. The van der Waals surface area contributed by atoms with Crippen molar-refractivity contribution in [1.29, 1.82) is 5.26 Å². The van der Waals surface area contributed by atoms with Gasteiger partial charge in [-0.15, -0.1) is 0 Å². The fourth-order valence-corrected chi connectivity index (χ4v) is 1.54. The first-order chi connectivity index (χ1) is 8.69. The van der Waals surface area contributed by atoms with Crippen LogP contribution in [0.25, 0.3) is 0 Å². The van der Waals surface area contributed by atoms with E-state index in [1.807, 2.05) is 12.1 Å². The van der Waals surface area contributed by atoms with Crippen LogP contribution in [0.1, 0.15) is 11.1 Å². The van der Waals surface area contributed by atoms with Gasteiger partial charge in [0.1, 0.15) is 12.4 Å². The number of rotatable bonds is 3. The fraction of sp³-hybridized carbons (Fsp3) is 0.0714. The van der Waals surface area contributed by atoms with Gasteiger partial charge in [-0.1, -0.05) is 12.1 Å². The Balaban J connectivity index is 2.07. The van der Waals surface area contributed by atoms with E-state index in [9.17, 15) is 0 Å². The number of benzene rings is 2. The summed E-state index contributed by atoms with van der Waals surface area (Å²) in [7, 11) is 0. The fourth-order valence-electron chi connectivity index (χ4n) is 1.54. The predicted molar refractivity (Wildman–Crippen MR) is 70.8 cm³/mol. The molecule has 0 saturated carbocycles. The van der Waals surface area contributed by atoms with Crippen LogP contribution in [0.5, 0.6) is 5.75 Å². The summed E-state index contributed by atoms with van der Waals surface area (Å²) < 4.78 is 5.58. The minimum absolute atomic E-state index is 0.388. The lowest BCUT2D eigenvalue weighted by atomic mass is 10.1. The molecule has 2 aromatic carbocycles. The second kappa shape index (κ2) is 5.11. The van der Waals surface area contributed by atoms with Crippen LogP contribution in [0, 0.1) is 11.3 Å². The van der Waals surface area contributed by atoms with E-state index in [4.69, 9.17) is 21.5 Å². The summed E-state index contributed by atoms with van der Waals surface area (Å²) in [6.45, 7) is 0.388. The van der Waals surface area contributed by atoms with Gasteiger partial charge in [-0.3, -0.25) is 0 Å². The van der Waals surface area contributed by atoms with E-state index in [1.165, 1.54) is 0 Å². The highest BCUT2D eigenvalue weighted by Gasteiger charge is 2.00. The van der Waals surface area contributed by atoms with Gasteiger partial charge in [0.25, 0.3) is 0 Å². The summed E-state index contributed by atoms with van der Waals surface area (Å²) in [5, 5.41) is 8.79. The van der Waals surface area contributed by atoms with E-state index >= 15 is 0 Å². The van der Waals surface area contributed by atoms with Crippen LogP contribution < -0.4 is 16.2 Å². The molecule has 0 fully saturated rings. The molecule has 0 aromatic heterocycles. The van der Waals surface area contributed by atoms with Crippen molar-refractivity contribution in [2.45, 2.75) is 6.61 Å². The number of hydrogen-bond acceptors (Lipinski definition) is 4. The molecule has 0 saturated heterocycles. The number of nitrogen functional groups attached to an aromatic ring is 2. The molecule has 0 heterocycles. The van der Waals surface area contributed by atoms with E-state index < -0.39 is 0 Å². The third kappa shape index (κ3) is 2.71. The average molecular weight is 239 g/mol. The van der Waals surface area contributed by atoms with Crippen molar-refractivity contribution in [3.63, 3.8) is 0 Å². The van der Waals surface area contributed by atoms with Gasteiger partial charge in [-0.25, -0.2) is 0 Å². The lowest BCUT2D eigenvalue weighted by Crippen LogP contribution is -1.98. The predicted octanol–water partition coefficient (Wildman–Crippen LogP) is 2.30. The molecule has 0 aliphatic rings. The zero-order valence-corrected chi connectivity index (χ0v) is 9.76. The van der Waals surface area contributed by atoms with Gasteiger partial charge in [0.2, 0.25) is 0 Å². The lowest BCUT2D eigenvalue weighted by Gasteiger charge is -2.08. The van der Waals surface area contributed by atoms with Crippen molar-refractivity contribution >= 4 is 11.4 Å². The molecule has 4 heteroatoms. The summed E-state index contributed by atoms with van der Waals surface area (Å²) in [5.74, 6) is 0.657. The van der Waals surface area contributed by atoms with Crippen LogP contribution in [0.4, 0.5) is 11.4 Å². The lowest BCUT2D eigenvalue weighted by molar-refractivity contribution is 0.306. The first-order valence-electron chi connectivity index (χ1n) is 5.46. The molecule has 0 radical (unpaired) electrons. The Labute approximate surface area is 105 Å². The summed E-state index contributed by atoms with van der Waals surface area (Å²) >= 11 is 0. The number of nitrogens with two attached hydrogens (primary N) is 2. The smallest absolute Gasteiger partial charge is 0.122 e. The van der Waals surface area contributed by atoms with Crippen LogP contribution >= 0.6 is 0 Å². The highest BCUT2D eigenvalue weighted by molar-refractivity contribution is 5.65. The first-order valence-corrected chi connectivity index (χ1v) is 5.46. The second-order valence-electron chi connectivity index (χ2n) is 3.89. The van der Waals surface area contributed by atoms with Gasteiger partial charge in [-0.2, -0.15) is 5.26 Å². The van der Waals surface area contributed by atoms with Gasteiger partial charge in [0.15, 0.2) is 0 Å². The quantitative estimate of drug-likeness (QED) is 0.805. The second-order valence-corrected chi connectivity index (χ2v) is 3.89. The highest BCUT2D eigenvalue weighted by Crippen LogP contribution is 2.22. The van der Waals surface area contributed by atoms with Gasteiger partial charge in [-0.05, 0) is 29.8 Å². The molecule has 2 rings (SSSR count). The third-order valence-corrected chi connectivity index (χ3v) is 2.52. The Morgan fingerprint density at radius 1 is 1.06 bits per heavy atom. The Kier molecular flexibility index (Phi) is 3.35. The van der Waals surface area contributed by atoms with Crippen LogP contribution in [-0.4, -0.2) is 0 Å². The summed E-state index contributed by atoms with van der Waals surface area (Å²) in [5.41, 5.74) is 13.9. The van der Waals surface area contributed by atoms with Crippen molar-refractivity contribution in [1.82, 2.24) is 0 Å². The molecular weight excluding hydrogens is 226 g/mol. The summed E-state index contributed by atoms with van der Waals surface area (Å²) in [6.07, 6.45) is 0. The molecule has 0 bridgehead atoms. The van der Waals surface area contributed by atoms with E-state index in [1.54, 1.807) is 30.3 Å². The molecule has 0 amide bonds. The zero-order chi connectivity index (χ0) is 13.0. The molecule has 0 spiro atoms. The molecular formula is C14H13N3O. The Morgan fingerprint density at radius 2 is 1.89 bits per heavy atom. The molecule has 18 heavy (non-hydrogen) atoms. The van der Waals surface area contributed by atoms with Gasteiger partial charge < -0.3 is 16.2 Å². The van der Waals surface area contributed by atoms with E-state index in [0.29, 0.717) is 29.3 Å². The van der Waals surface area contributed by atoms with Gasteiger partial charge in [0.05, 0.1) is 23.0 Å². The van der Waals surface area contributed by atoms with Gasteiger partial charge in [0, 0.05) is 6.07 Å². The minimum atomic E-state index is 0.388. The maximum atomic E-state index is 8.79. The number of hydrogen-bond donors (Lipinski definition) is 2. The van der Waals surface area contributed by atoms with Crippen LogP contribution in [0.3, 0.4) is 0 Å². The number of nitriles is 1. The first kappa shape index (κ1) is 11.8.